The average Bonchev–Trinajstić information content (AvgIpc) is 3.13. The molecule has 0 atom stereocenters. The van der Waals surface area contributed by atoms with Gasteiger partial charge in [0.05, 0.1) is 0 Å². The van der Waals surface area contributed by atoms with Crippen LogP contribution in [-0.4, -0.2) is 14.5 Å². The van der Waals surface area contributed by atoms with E-state index >= 15 is 0 Å². The Labute approximate surface area is 161 Å². The van der Waals surface area contributed by atoms with E-state index in [2.05, 4.69) is 109 Å². The van der Waals surface area contributed by atoms with Gasteiger partial charge in [-0.15, -0.1) is 0 Å². The third-order valence-electron chi connectivity index (χ3n) is 4.45. The third-order valence-corrected chi connectivity index (χ3v) is 6.65. The van der Waals surface area contributed by atoms with E-state index in [9.17, 15) is 0 Å². The first-order chi connectivity index (χ1) is 12.8. The molecule has 0 aliphatic heterocycles. The average molecular weight is 399 g/mol. The van der Waals surface area contributed by atoms with Crippen LogP contribution in [0.3, 0.4) is 0 Å². The molecule has 0 bridgehead atoms. The topological polar surface area (TPSA) is 0 Å². The van der Waals surface area contributed by atoms with Crippen LogP contribution in [0.15, 0.2) is 89.9 Å². The Bertz CT molecular complexity index is 1010. The van der Waals surface area contributed by atoms with Crippen LogP contribution < -0.4 is 0 Å². The molecule has 0 amide bonds. The summed E-state index contributed by atoms with van der Waals surface area (Å²) in [6.45, 7) is 2.12. The molecular formula is C25H20Se. The Morgan fingerprint density at radius 3 is 1.92 bits per heavy atom. The van der Waals surface area contributed by atoms with Gasteiger partial charge in [0.25, 0.3) is 0 Å². The molecular weight excluding hydrogens is 379 g/mol. The number of hydrogen-bond acceptors (Lipinski definition) is 0. The molecule has 0 spiro atoms. The van der Waals surface area contributed by atoms with E-state index in [1.54, 1.807) is 0 Å². The van der Waals surface area contributed by atoms with Gasteiger partial charge < -0.3 is 0 Å². The molecule has 1 aromatic heterocycles. The first kappa shape index (κ1) is 16.8. The normalized spacial score (nSPS) is 11.1. The van der Waals surface area contributed by atoms with E-state index in [0.29, 0.717) is 14.5 Å². The van der Waals surface area contributed by atoms with Crippen LogP contribution in [0.1, 0.15) is 16.7 Å². The molecule has 0 saturated carbocycles. The summed E-state index contributed by atoms with van der Waals surface area (Å²) in [5, 5.41) is 0. The van der Waals surface area contributed by atoms with Gasteiger partial charge in [0.15, 0.2) is 0 Å². The van der Waals surface area contributed by atoms with Crippen molar-refractivity contribution in [1.82, 2.24) is 0 Å². The summed E-state index contributed by atoms with van der Waals surface area (Å²) in [5.74, 6) is 0. The number of aryl methyl sites for hydroxylation is 1. The van der Waals surface area contributed by atoms with Crippen molar-refractivity contribution in [2.45, 2.75) is 6.92 Å². The van der Waals surface area contributed by atoms with Gasteiger partial charge in [-0.05, 0) is 0 Å². The van der Waals surface area contributed by atoms with E-state index in [-0.39, 0.29) is 0 Å². The number of benzene rings is 3. The Balaban J connectivity index is 1.80. The minimum absolute atomic E-state index is 0.347. The Hall–Kier alpha value is -2.60. The number of hydrogen-bond donors (Lipinski definition) is 0. The summed E-state index contributed by atoms with van der Waals surface area (Å²) < 4.78 is 1.47. The molecule has 0 unspecified atom stereocenters. The second-order valence-corrected chi connectivity index (χ2v) is 8.22. The maximum atomic E-state index is 2.41. The van der Waals surface area contributed by atoms with Crippen molar-refractivity contribution in [1.29, 1.82) is 0 Å². The zero-order chi connectivity index (χ0) is 17.8. The van der Waals surface area contributed by atoms with E-state index < -0.39 is 0 Å². The number of rotatable bonds is 4. The molecule has 126 valence electrons. The molecule has 0 aliphatic rings. The van der Waals surface area contributed by atoms with Gasteiger partial charge in [-0.25, -0.2) is 0 Å². The fourth-order valence-electron chi connectivity index (χ4n) is 3.06. The molecule has 0 fully saturated rings. The van der Waals surface area contributed by atoms with Crippen molar-refractivity contribution in [2.75, 3.05) is 0 Å². The van der Waals surface area contributed by atoms with E-state index in [4.69, 9.17) is 0 Å². The summed E-state index contributed by atoms with van der Waals surface area (Å²) in [4.78, 5) is 2.41. The van der Waals surface area contributed by atoms with Crippen LogP contribution in [0, 0.1) is 6.92 Å². The van der Waals surface area contributed by atoms with Crippen molar-refractivity contribution in [3.63, 3.8) is 0 Å². The quantitative estimate of drug-likeness (QED) is 0.341. The molecule has 4 rings (SSSR count). The van der Waals surface area contributed by atoms with Gasteiger partial charge in [-0.3, -0.25) is 0 Å². The van der Waals surface area contributed by atoms with Gasteiger partial charge in [-0.1, -0.05) is 0 Å². The summed E-state index contributed by atoms with van der Waals surface area (Å²) in [7, 11) is 0. The molecule has 3 aromatic carbocycles. The zero-order valence-corrected chi connectivity index (χ0v) is 16.4. The Kier molecular flexibility index (Phi) is 5.02. The molecule has 0 saturated heterocycles. The van der Waals surface area contributed by atoms with Crippen molar-refractivity contribution in [3.8, 4) is 21.1 Å². The maximum absolute atomic E-state index is 2.41. The van der Waals surface area contributed by atoms with E-state index in [0.717, 1.165) is 0 Å². The summed E-state index contributed by atoms with van der Waals surface area (Å²) in [5.41, 5.74) is 7.87. The van der Waals surface area contributed by atoms with Crippen molar-refractivity contribution >= 4 is 26.7 Å². The summed E-state index contributed by atoms with van der Waals surface area (Å²) in [6, 6.07) is 30.2. The summed E-state index contributed by atoms with van der Waals surface area (Å²) >= 11 is 0.347. The molecule has 1 heteroatoms. The molecule has 0 radical (unpaired) electrons. The van der Waals surface area contributed by atoms with Gasteiger partial charge in [0.1, 0.15) is 0 Å². The zero-order valence-electron chi connectivity index (χ0n) is 14.7. The molecule has 0 aliphatic carbocycles. The predicted molar refractivity (Wildman–Crippen MR) is 114 cm³/mol. The first-order valence-electron chi connectivity index (χ1n) is 8.78. The first-order valence-corrected chi connectivity index (χ1v) is 10.6. The second kappa shape index (κ2) is 7.74. The minimum atomic E-state index is 0.347. The standard InChI is InChI=1S/C25H20Se/c1-19-12-14-20(15-13-19)16-17-23-18-26-25(22-10-6-3-7-11-22)24(23)21-8-4-2-5-9-21/h2-18H,1H3/b17-16+. The fourth-order valence-corrected chi connectivity index (χ4v) is 5.30. The van der Waals surface area contributed by atoms with Crippen LogP contribution in [-0.2, 0) is 0 Å². The van der Waals surface area contributed by atoms with Gasteiger partial charge >= 0.3 is 161 Å². The Morgan fingerprint density at radius 1 is 0.654 bits per heavy atom. The predicted octanol–water partition coefficient (Wildman–Crippen LogP) is 6.56. The van der Waals surface area contributed by atoms with Crippen molar-refractivity contribution in [2.24, 2.45) is 0 Å². The monoisotopic (exact) mass is 400 g/mol. The molecule has 1 heterocycles. The molecule has 0 nitrogen and oxygen atoms in total. The SMILES string of the molecule is Cc1ccc(/C=C/c2c[se]c(-c3ccccc3)c2-c2ccccc2)cc1. The van der Waals surface area contributed by atoms with Gasteiger partial charge in [0.2, 0.25) is 0 Å². The molecule has 0 N–H and O–H groups in total. The second-order valence-electron chi connectivity index (χ2n) is 6.37. The van der Waals surface area contributed by atoms with E-state index in [1.165, 1.54) is 37.8 Å². The van der Waals surface area contributed by atoms with Gasteiger partial charge in [0, 0.05) is 0 Å². The Morgan fingerprint density at radius 2 is 1.27 bits per heavy atom. The summed E-state index contributed by atoms with van der Waals surface area (Å²) in [6.07, 6.45) is 4.49. The fraction of sp³-hybridized carbons (Fsp3) is 0.0400. The van der Waals surface area contributed by atoms with Crippen LogP contribution in [0.2, 0.25) is 0 Å². The van der Waals surface area contributed by atoms with Crippen LogP contribution in [0.4, 0.5) is 0 Å². The van der Waals surface area contributed by atoms with E-state index in [1.807, 2.05) is 0 Å². The van der Waals surface area contributed by atoms with Crippen molar-refractivity contribution in [3.05, 3.63) is 107 Å². The molecule has 4 aromatic rings. The third kappa shape index (κ3) is 3.65. The van der Waals surface area contributed by atoms with Crippen LogP contribution in [0.25, 0.3) is 33.3 Å². The van der Waals surface area contributed by atoms with Crippen molar-refractivity contribution < 1.29 is 0 Å². The van der Waals surface area contributed by atoms with Crippen LogP contribution >= 0.6 is 0 Å². The van der Waals surface area contributed by atoms with Gasteiger partial charge in [-0.2, -0.15) is 0 Å². The van der Waals surface area contributed by atoms with Crippen LogP contribution in [0.5, 0.6) is 0 Å². The molecule has 26 heavy (non-hydrogen) atoms.